The Kier molecular flexibility index (Phi) is 5.96. The van der Waals surface area contributed by atoms with Gasteiger partial charge in [-0.25, -0.2) is 0 Å². The van der Waals surface area contributed by atoms with Gasteiger partial charge in [0.2, 0.25) is 5.91 Å². The predicted molar refractivity (Wildman–Crippen MR) is 112 cm³/mol. The Balaban J connectivity index is 1.47. The predicted octanol–water partition coefficient (Wildman–Crippen LogP) is 3.58. The van der Waals surface area contributed by atoms with E-state index < -0.39 is 0 Å². The van der Waals surface area contributed by atoms with Gasteiger partial charge in [-0.1, -0.05) is 36.4 Å². The first-order chi connectivity index (χ1) is 14.2. The van der Waals surface area contributed by atoms with E-state index in [-0.39, 0.29) is 18.4 Å². The molecule has 5 heteroatoms. The van der Waals surface area contributed by atoms with Crippen molar-refractivity contribution in [2.75, 3.05) is 13.1 Å². The van der Waals surface area contributed by atoms with Gasteiger partial charge < -0.3 is 10.0 Å². The Morgan fingerprint density at radius 3 is 2.69 bits per heavy atom. The van der Waals surface area contributed by atoms with Crippen LogP contribution in [0.4, 0.5) is 0 Å². The van der Waals surface area contributed by atoms with Crippen molar-refractivity contribution >= 4 is 5.91 Å². The van der Waals surface area contributed by atoms with Gasteiger partial charge in [0, 0.05) is 42.2 Å². The lowest BCUT2D eigenvalue weighted by atomic mass is 9.93. The lowest BCUT2D eigenvalue weighted by Gasteiger charge is -2.32. The molecule has 148 valence electrons. The number of hydrogen-bond donors (Lipinski definition) is 1. The highest BCUT2D eigenvalue weighted by atomic mass is 16.3. The van der Waals surface area contributed by atoms with E-state index in [1.165, 1.54) is 0 Å². The minimum atomic E-state index is 0.0399. The molecule has 0 spiro atoms. The number of pyridine rings is 2. The summed E-state index contributed by atoms with van der Waals surface area (Å²) in [6.45, 7) is 1.54. The van der Waals surface area contributed by atoms with Gasteiger partial charge in [0.25, 0.3) is 0 Å². The number of carbonyl (C=O) groups excluding carboxylic acids is 1. The lowest BCUT2D eigenvalue weighted by molar-refractivity contribution is -0.131. The smallest absolute Gasteiger partial charge is 0.228 e. The van der Waals surface area contributed by atoms with E-state index in [9.17, 15) is 9.90 Å². The molecule has 1 aliphatic rings. The maximum atomic E-state index is 12.7. The largest absolute Gasteiger partial charge is 0.392 e. The molecule has 1 aromatic carbocycles. The van der Waals surface area contributed by atoms with Gasteiger partial charge in [-0.15, -0.1) is 0 Å². The van der Waals surface area contributed by atoms with Crippen molar-refractivity contribution in [1.29, 1.82) is 0 Å². The summed E-state index contributed by atoms with van der Waals surface area (Å²) < 4.78 is 0. The highest BCUT2D eigenvalue weighted by Gasteiger charge is 2.26. The average molecular weight is 387 g/mol. The number of amides is 1. The normalized spacial score (nSPS) is 16.6. The lowest BCUT2D eigenvalue weighted by Crippen LogP contribution is -2.40. The van der Waals surface area contributed by atoms with Crippen LogP contribution < -0.4 is 0 Å². The van der Waals surface area contributed by atoms with E-state index in [0.29, 0.717) is 13.0 Å². The van der Waals surface area contributed by atoms with Crippen molar-refractivity contribution in [1.82, 2.24) is 14.9 Å². The van der Waals surface area contributed by atoms with Crippen LogP contribution in [0.25, 0.3) is 11.3 Å². The summed E-state index contributed by atoms with van der Waals surface area (Å²) >= 11 is 0. The monoisotopic (exact) mass is 387 g/mol. The zero-order valence-electron chi connectivity index (χ0n) is 16.4. The van der Waals surface area contributed by atoms with Gasteiger partial charge >= 0.3 is 0 Å². The summed E-state index contributed by atoms with van der Waals surface area (Å²) in [5.41, 5.74) is 4.68. The second-order valence-electron chi connectivity index (χ2n) is 7.48. The van der Waals surface area contributed by atoms with E-state index in [2.05, 4.69) is 11.1 Å². The van der Waals surface area contributed by atoms with Crippen LogP contribution in [0.3, 0.4) is 0 Å². The standard InChI is InChI=1S/C24H25N3O2/c28-17-18-9-11-19(12-10-18)22-7-3-8-23(26-22)20-5-4-14-27(16-20)24(29)15-21-6-1-2-13-25-21/h1-3,6-13,20,28H,4-5,14-17H2. The third-order valence-electron chi connectivity index (χ3n) is 5.45. The molecule has 29 heavy (non-hydrogen) atoms. The number of aromatic nitrogens is 2. The van der Waals surface area contributed by atoms with Crippen LogP contribution in [0.15, 0.2) is 66.9 Å². The molecule has 5 nitrogen and oxygen atoms in total. The third kappa shape index (κ3) is 4.69. The SMILES string of the molecule is O=C(Cc1ccccn1)N1CCCC(c2cccc(-c3ccc(CO)cc3)n2)C1. The number of benzene rings is 1. The molecule has 3 heterocycles. The van der Waals surface area contributed by atoms with Crippen molar-refractivity contribution in [3.05, 3.63) is 83.8 Å². The molecular formula is C24H25N3O2. The number of hydrogen-bond acceptors (Lipinski definition) is 4. The minimum absolute atomic E-state index is 0.0399. The van der Waals surface area contributed by atoms with Crippen molar-refractivity contribution < 1.29 is 9.90 Å². The van der Waals surface area contributed by atoms with Gasteiger partial charge in [-0.2, -0.15) is 0 Å². The first-order valence-electron chi connectivity index (χ1n) is 10.1. The molecule has 1 saturated heterocycles. The number of likely N-dealkylation sites (tertiary alicyclic amines) is 1. The quantitative estimate of drug-likeness (QED) is 0.727. The molecule has 2 aromatic heterocycles. The molecule has 0 radical (unpaired) electrons. The molecule has 3 aromatic rings. The van der Waals surface area contributed by atoms with Crippen LogP contribution in [-0.4, -0.2) is 39.0 Å². The Morgan fingerprint density at radius 2 is 1.93 bits per heavy atom. The molecule has 0 bridgehead atoms. The summed E-state index contributed by atoms with van der Waals surface area (Å²) in [6, 6.07) is 19.6. The Hall–Kier alpha value is -3.05. The third-order valence-corrected chi connectivity index (χ3v) is 5.45. The topological polar surface area (TPSA) is 66.3 Å². The maximum absolute atomic E-state index is 12.7. The maximum Gasteiger partial charge on any atom is 0.228 e. The fraction of sp³-hybridized carbons (Fsp3) is 0.292. The zero-order chi connectivity index (χ0) is 20.1. The Bertz CT molecular complexity index is 957. The van der Waals surface area contributed by atoms with Gasteiger partial charge in [-0.05, 0) is 42.7 Å². The van der Waals surface area contributed by atoms with Crippen LogP contribution >= 0.6 is 0 Å². The number of aliphatic hydroxyl groups is 1. The Labute approximate surface area is 171 Å². The van der Waals surface area contributed by atoms with Crippen LogP contribution in [-0.2, 0) is 17.8 Å². The van der Waals surface area contributed by atoms with E-state index >= 15 is 0 Å². The van der Waals surface area contributed by atoms with E-state index in [4.69, 9.17) is 4.98 Å². The van der Waals surface area contributed by atoms with Gasteiger partial charge in [0.1, 0.15) is 0 Å². The van der Waals surface area contributed by atoms with Crippen molar-refractivity contribution in [2.24, 2.45) is 0 Å². The molecule has 1 N–H and O–H groups in total. The number of nitrogens with zero attached hydrogens (tertiary/aromatic N) is 3. The Morgan fingerprint density at radius 1 is 1.07 bits per heavy atom. The first kappa shape index (κ1) is 19.3. The second kappa shape index (κ2) is 8.97. The van der Waals surface area contributed by atoms with Gasteiger partial charge in [0.15, 0.2) is 0 Å². The van der Waals surface area contributed by atoms with E-state index in [1.54, 1.807) is 6.20 Å². The number of piperidine rings is 1. The van der Waals surface area contributed by atoms with Crippen LogP contribution in [0.2, 0.25) is 0 Å². The molecule has 1 amide bonds. The number of rotatable bonds is 5. The molecule has 1 aliphatic heterocycles. The highest BCUT2D eigenvalue weighted by molar-refractivity contribution is 5.78. The van der Waals surface area contributed by atoms with Crippen molar-refractivity contribution in [2.45, 2.75) is 31.8 Å². The summed E-state index contributed by atoms with van der Waals surface area (Å²) in [5, 5.41) is 9.22. The second-order valence-corrected chi connectivity index (χ2v) is 7.48. The highest BCUT2D eigenvalue weighted by Crippen LogP contribution is 2.28. The molecule has 1 atom stereocenters. The average Bonchev–Trinajstić information content (AvgIpc) is 2.80. The van der Waals surface area contributed by atoms with E-state index in [1.807, 2.05) is 59.5 Å². The summed E-state index contributed by atoms with van der Waals surface area (Å²) in [4.78, 5) is 23.8. The van der Waals surface area contributed by atoms with Gasteiger partial charge in [-0.3, -0.25) is 14.8 Å². The van der Waals surface area contributed by atoms with E-state index in [0.717, 1.165) is 47.6 Å². The molecular weight excluding hydrogens is 362 g/mol. The van der Waals surface area contributed by atoms with Gasteiger partial charge in [0.05, 0.1) is 18.7 Å². The molecule has 1 fully saturated rings. The zero-order valence-corrected chi connectivity index (χ0v) is 16.4. The minimum Gasteiger partial charge on any atom is -0.392 e. The number of carbonyl (C=O) groups is 1. The molecule has 0 saturated carbocycles. The number of aliphatic hydroxyl groups excluding tert-OH is 1. The fourth-order valence-corrected chi connectivity index (χ4v) is 3.84. The molecule has 0 aliphatic carbocycles. The van der Waals surface area contributed by atoms with Crippen LogP contribution in [0.5, 0.6) is 0 Å². The molecule has 1 unspecified atom stereocenters. The first-order valence-corrected chi connectivity index (χ1v) is 10.1. The van der Waals surface area contributed by atoms with Crippen LogP contribution in [0, 0.1) is 0 Å². The van der Waals surface area contributed by atoms with Crippen LogP contribution in [0.1, 0.15) is 35.7 Å². The fourth-order valence-electron chi connectivity index (χ4n) is 3.84. The van der Waals surface area contributed by atoms with Crippen molar-refractivity contribution in [3.63, 3.8) is 0 Å². The van der Waals surface area contributed by atoms with Crippen molar-refractivity contribution in [3.8, 4) is 11.3 Å². The summed E-state index contributed by atoms with van der Waals surface area (Å²) in [7, 11) is 0. The molecule has 4 rings (SSSR count). The summed E-state index contributed by atoms with van der Waals surface area (Å²) in [6.07, 6.45) is 4.09. The summed E-state index contributed by atoms with van der Waals surface area (Å²) in [5.74, 6) is 0.372.